The number of rotatable bonds is 7. The third-order valence-corrected chi connectivity index (χ3v) is 52.1. The summed E-state index contributed by atoms with van der Waals surface area (Å²) in [4.78, 5) is 5.88. The molecule has 4 saturated carbocycles. The molecule has 0 N–H and O–H groups in total. The van der Waals surface area contributed by atoms with Crippen molar-refractivity contribution in [3.8, 4) is 0 Å². The molecule has 0 amide bonds. The van der Waals surface area contributed by atoms with Gasteiger partial charge in [-0.05, 0) is 0 Å². The van der Waals surface area contributed by atoms with Gasteiger partial charge in [-0.15, -0.1) is 0 Å². The van der Waals surface area contributed by atoms with Gasteiger partial charge in [0.05, 0.1) is 0 Å². The fourth-order valence-corrected chi connectivity index (χ4v) is 60.8. The molecule has 1 aliphatic heterocycles. The van der Waals surface area contributed by atoms with Crippen molar-refractivity contribution in [1.82, 2.24) is 0 Å². The van der Waals surface area contributed by atoms with Gasteiger partial charge in [-0.3, -0.25) is 0 Å². The van der Waals surface area contributed by atoms with E-state index >= 15 is 0 Å². The SMILES string of the molecule is Cc1cc(C)c(N2[C](=[Ru]([Cl])([Cl])(=[CH]c3ccccc3)[PH](C3CCCCC3)(C3CCCCC3)C3CCCCC3)N(c3c(C)cc(C)cc3C)C3CCCCC32)c(C)c1. The zero-order chi connectivity index (χ0) is 39.3. The summed E-state index contributed by atoms with van der Waals surface area (Å²) in [7, 11) is 14.6. The average Bonchev–Trinajstić information content (AvgIpc) is 3.51. The standard InChI is InChI=1S/C25H32N2.C18H33P.C7H6.2ClH.Ru/c1-16-11-18(3)24(19(4)12-16)26-15-27(23-10-8-7-9-22(23)26)25-20(5)13-17(2)14-21(25)6;1-4-10-16(11-5-1)19(17-12-6-2-7-13-17)18-14-8-3-9-15-18;1-7-5-3-2-4-6-7;;;/h11-14,22-23H,7-10H2,1-6H3;16-18H,1-15H2;1-6H;2*1H;/q;;;;;+1/p-1. The molecule has 0 bridgehead atoms. The van der Waals surface area contributed by atoms with Crippen LogP contribution in [-0.2, 0) is 10.2 Å². The Balaban J connectivity index is 1.65. The van der Waals surface area contributed by atoms with E-state index in [1.54, 1.807) is 0 Å². The second kappa shape index (κ2) is 16.6. The molecule has 3 aromatic carbocycles. The topological polar surface area (TPSA) is 6.48 Å². The number of aryl methyl sites for hydroxylation is 6. The predicted molar refractivity (Wildman–Crippen MR) is 250 cm³/mol. The monoisotopic (exact) mass is 903 g/mol. The Morgan fingerprint density at radius 2 is 0.839 bits per heavy atom. The summed E-state index contributed by atoms with van der Waals surface area (Å²) in [5, 5.41) is 0. The Morgan fingerprint density at radius 1 is 0.500 bits per heavy atom. The van der Waals surface area contributed by atoms with Crippen LogP contribution in [0.25, 0.3) is 0 Å². The molecule has 2 nitrogen and oxygen atoms in total. The number of benzene rings is 3. The van der Waals surface area contributed by atoms with Crippen molar-refractivity contribution in [3.63, 3.8) is 0 Å². The second-order valence-electron chi connectivity index (χ2n) is 19.0. The van der Waals surface area contributed by atoms with Gasteiger partial charge >= 0.3 is 351 Å². The first kappa shape index (κ1) is 41.4. The van der Waals surface area contributed by atoms with E-state index in [-0.39, 0.29) is 0 Å². The first-order valence-electron chi connectivity index (χ1n) is 22.7. The molecule has 0 aromatic heterocycles. The van der Waals surface area contributed by atoms with Crippen LogP contribution in [0.1, 0.15) is 161 Å². The summed E-state index contributed by atoms with van der Waals surface area (Å²) in [5.41, 5.74) is 11.6. The van der Waals surface area contributed by atoms with E-state index in [1.807, 2.05) is 0 Å². The van der Waals surface area contributed by atoms with Gasteiger partial charge in [0.25, 0.3) is 0 Å². The summed E-state index contributed by atoms with van der Waals surface area (Å²) >= 11 is 0. The van der Waals surface area contributed by atoms with Gasteiger partial charge in [-0.1, -0.05) is 0 Å². The maximum absolute atomic E-state index is 9.81. The van der Waals surface area contributed by atoms with Crippen molar-refractivity contribution in [2.45, 2.75) is 193 Å². The van der Waals surface area contributed by atoms with Crippen LogP contribution in [0.5, 0.6) is 0 Å². The van der Waals surface area contributed by atoms with Gasteiger partial charge in [0.1, 0.15) is 0 Å². The average molecular weight is 904 g/mol. The molecule has 309 valence electrons. The van der Waals surface area contributed by atoms with E-state index in [4.69, 9.17) is 0 Å². The molecule has 0 spiro atoms. The molecule has 3 aromatic rings. The van der Waals surface area contributed by atoms with Crippen LogP contribution >= 0.6 is 25.0 Å². The van der Waals surface area contributed by atoms with E-state index in [0.717, 1.165) is 0 Å². The molecule has 4 aliphatic carbocycles. The fourth-order valence-electron chi connectivity index (χ4n) is 13.4. The van der Waals surface area contributed by atoms with Gasteiger partial charge < -0.3 is 0 Å². The molecule has 56 heavy (non-hydrogen) atoms. The Kier molecular flexibility index (Phi) is 12.3. The van der Waals surface area contributed by atoms with Crippen LogP contribution in [0.3, 0.4) is 0 Å². The van der Waals surface area contributed by atoms with Gasteiger partial charge in [-0.25, -0.2) is 0 Å². The van der Waals surface area contributed by atoms with E-state index in [2.05, 4.69) is 111 Å². The quantitative estimate of drug-likeness (QED) is 0.172. The van der Waals surface area contributed by atoms with E-state index in [9.17, 15) is 19.4 Å². The molecule has 1 saturated heterocycles. The molecule has 2 atom stereocenters. The zero-order valence-electron chi connectivity index (χ0n) is 35.6. The second-order valence-corrected chi connectivity index (χ2v) is 47.0. The minimum absolute atomic E-state index is 0.343. The van der Waals surface area contributed by atoms with Crippen molar-refractivity contribution >= 4 is 45.3 Å². The summed E-state index contributed by atoms with van der Waals surface area (Å²) in [6.45, 7) is 14.1. The van der Waals surface area contributed by atoms with Crippen molar-refractivity contribution < 1.29 is 10.2 Å². The van der Waals surface area contributed by atoms with Crippen LogP contribution in [0, 0.1) is 41.5 Å². The van der Waals surface area contributed by atoms with Crippen molar-refractivity contribution in [2.75, 3.05) is 9.80 Å². The number of halogens is 2. The normalized spacial score (nSPS) is 24.5. The molecule has 1 heterocycles. The number of hydrogen-bond acceptors (Lipinski definition) is 2. The van der Waals surface area contributed by atoms with Gasteiger partial charge in [0, 0.05) is 0 Å². The van der Waals surface area contributed by atoms with Crippen LogP contribution < -0.4 is 9.80 Å². The Bertz CT molecular complexity index is 1890. The number of fused-ring (bicyclic) bond motifs is 1. The van der Waals surface area contributed by atoms with Crippen LogP contribution in [0.4, 0.5) is 11.4 Å². The third-order valence-electron chi connectivity index (χ3n) is 15.1. The maximum atomic E-state index is 9.81. The van der Waals surface area contributed by atoms with Crippen LogP contribution in [-0.4, -0.2) is 38.0 Å². The number of anilines is 2. The molecular formula is C50H72Cl2N2PRu. The summed E-state index contributed by atoms with van der Waals surface area (Å²) in [5.74, 6) is 0. The molecule has 2 unspecified atom stereocenters. The Labute approximate surface area is 349 Å². The number of nitrogens with zero attached hydrogens (tertiary/aromatic N) is 2. The van der Waals surface area contributed by atoms with Crippen molar-refractivity contribution in [3.05, 3.63) is 93.5 Å². The minimum atomic E-state index is -5.02. The molecule has 8 rings (SSSR count). The molecule has 5 aliphatic rings. The van der Waals surface area contributed by atoms with E-state index in [1.165, 1.54) is 177 Å². The van der Waals surface area contributed by atoms with Gasteiger partial charge in [0.2, 0.25) is 0 Å². The Hall–Kier alpha value is -1.37. The zero-order valence-corrected chi connectivity index (χ0v) is 39.8. The van der Waals surface area contributed by atoms with Crippen molar-refractivity contribution in [2.24, 2.45) is 0 Å². The summed E-state index contributed by atoms with van der Waals surface area (Å²) in [6.07, 6.45) is 25.1. The van der Waals surface area contributed by atoms with E-state index < -0.39 is 15.8 Å². The van der Waals surface area contributed by atoms with Crippen molar-refractivity contribution in [1.29, 1.82) is 0 Å². The van der Waals surface area contributed by atoms with Gasteiger partial charge in [0.15, 0.2) is 0 Å². The van der Waals surface area contributed by atoms with Gasteiger partial charge in [-0.2, -0.15) is 0 Å². The summed E-state index contributed by atoms with van der Waals surface area (Å²) < 4.78 is 4.12. The molecule has 6 heteroatoms. The number of hydrogen-bond donors (Lipinski definition) is 0. The first-order chi connectivity index (χ1) is 26.9. The van der Waals surface area contributed by atoms with Crippen LogP contribution in [0.15, 0.2) is 54.6 Å². The Morgan fingerprint density at radius 3 is 1.20 bits per heavy atom. The molecular weight excluding hydrogens is 832 g/mol. The molecule has 5 fully saturated rings. The summed E-state index contributed by atoms with van der Waals surface area (Å²) in [6, 6.07) is 21.8. The molecule has 0 radical (unpaired) electrons. The predicted octanol–water partition coefficient (Wildman–Crippen LogP) is 14.8. The fraction of sp³-hybridized carbons (Fsp3) is 0.600. The first-order valence-corrected chi connectivity index (χ1v) is 33.8. The van der Waals surface area contributed by atoms with Crippen LogP contribution in [0.2, 0.25) is 0 Å². The van der Waals surface area contributed by atoms with E-state index in [0.29, 0.717) is 29.1 Å². The third kappa shape index (κ3) is 7.00.